The fraction of sp³-hybridized carbons (Fsp3) is 0.467. The lowest BCUT2D eigenvalue weighted by Gasteiger charge is -2.18. The third kappa shape index (κ3) is 2.62. The lowest BCUT2D eigenvalue weighted by Crippen LogP contribution is -2.32. The fourth-order valence-corrected chi connectivity index (χ4v) is 2.58. The fourth-order valence-electron chi connectivity index (χ4n) is 2.58. The van der Waals surface area contributed by atoms with Gasteiger partial charge in [-0.3, -0.25) is 9.59 Å². The molecule has 100 valence electrons. The molecule has 4 nitrogen and oxygen atoms in total. The second-order valence-corrected chi connectivity index (χ2v) is 5.52. The standard InChI is InChI=1S/C15H17NO3/c17-14(11-8-12(11)15(18)19)16-13(10-6-7-10)9-4-2-1-3-5-9/h1-5,10-13H,6-8H2,(H,16,17)(H,18,19)/t11-,12+,13?/m1/s1. The number of carbonyl (C=O) groups is 2. The summed E-state index contributed by atoms with van der Waals surface area (Å²) in [6.45, 7) is 0. The van der Waals surface area contributed by atoms with E-state index in [2.05, 4.69) is 5.32 Å². The van der Waals surface area contributed by atoms with Crippen LogP contribution in [-0.4, -0.2) is 17.0 Å². The van der Waals surface area contributed by atoms with E-state index in [1.54, 1.807) is 0 Å². The maximum atomic E-state index is 12.1. The van der Waals surface area contributed by atoms with E-state index < -0.39 is 11.9 Å². The molecule has 3 rings (SSSR count). The highest BCUT2D eigenvalue weighted by Crippen LogP contribution is 2.43. The van der Waals surface area contributed by atoms with E-state index in [4.69, 9.17) is 5.11 Å². The summed E-state index contributed by atoms with van der Waals surface area (Å²) in [4.78, 5) is 22.9. The second-order valence-electron chi connectivity index (χ2n) is 5.52. The molecular formula is C15H17NO3. The number of hydrogen-bond donors (Lipinski definition) is 2. The molecule has 0 bridgehead atoms. The second kappa shape index (κ2) is 4.68. The van der Waals surface area contributed by atoms with Crippen molar-refractivity contribution in [1.29, 1.82) is 0 Å². The van der Waals surface area contributed by atoms with Gasteiger partial charge in [-0.1, -0.05) is 30.3 Å². The summed E-state index contributed by atoms with van der Waals surface area (Å²) < 4.78 is 0. The van der Waals surface area contributed by atoms with Gasteiger partial charge in [-0.2, -0.15) is 0 Å². The number of rotatable bonds is 5. The lowest BCUT2D eigenvalue weighted by molar-refractivity contribution is -0.140. The van der Waals surface area contributed by atoms with Gasteiger partial charge in [0.15, 0.2) is 0 Å². The highest BCUT2D eigenvalue weighted by Gasteiger charge is 2.49. The predicted molar refractivity (Wildman–Crippen MR) is 69.3 cm³/mol. The number of hydrogen-bond acceptors (Lipinski definition) is 2. The van der Waals surface area contributed by atoms with Crippen LogP contribution in [-0.2, 0) is 9.59 Å². The molecular weight excluding hydrogens is 242 g/mol. The number of carboxylic acids is 1. The first kappa shape index (κ1) is 12.2. The van der Waals surface area contributed by atoms with Gasteiger partial charge < -0.3 is 10.4 Å². The molecule has 2 fully saturated rings. The van der Waals surface area contributed by atoms with E-state index in [0.29, 0.717) is 12.3 Å². The van der Waals surface area contributed by atoms with E-state index in [-0.39, 0.29) is 17.9 Å². The van der Waals surface area contributed by atoms with Gasteiger partial charge in [-0.15, -0.1) is 0 Å². The van der Waals surface area contributed by atoms with Gasteiger partial charge in [0.2, 0.25) is 5.91 Å². The molecule has 19 heavy (non-hydrogen) atoms. The Kier molecular flexibility index (Phi) is 3.01. The van der Waals surface area contributed by atoms with Gasteiger partial charge in [-0.05, 0) is 30.7 Å². The Labute approximate surface area is 111 Å². The molecule has 1 amide bonds. The van der Waals surface area contributed by atoms with Crippen molar-refractivity contribution in [2.75, 3.05) is 0 Å². The molecule has 2 aliphatic carbocycles. The molecule has 2 saturated carbocycles. The molecule has 1 unspecified atom stereocenters. The van der Waals surface area contributed by atoms with Crippen molar-refractivity contribution in [3.63, 3.8) is 0 Å². The molecule has 0 heterocycles. The smallest absolute Gasteiger partial charge is 0.307 e. The molecule has 0 radical (unpaired) electrons. The molecule has 1 aromatic carbocycles. The van der Waals surface area contributed by atoms with Crippen molar-refractivity contribution in [1.82, 2.24) is 5.32 Å². The van der Waals surface area contributed by atoms with Crippen LogP contribution in [0, 0.1) is 17.8 Å². The van der Waals surface area contributed by atoms with Gasteiger partial charge >= 0.3 is 5.97 Å². The zero-order valence-corrected chi connectivity index (χ0v) is 10.6. The Morgan fingerprint density at radius 3 is 2.37 bits per heavy atom. The summed E-state index contributed by atoms with van der Waals surface area (Å²) in [7, 11) is 0. The molecule has 1 aromatic rings. The highest BCUT2D eigenvalue weighted by atomic mass is 16.4. The van der Waals surface area contributed by atoms with E-state index in [9.17, 15) is 9.59 Å². The first-order chi connectivity index (χ1) is 9.16. The Morgan fingerprint density at radius 2 is 1.84 bits per heavy atom. The molecule has 4 heteroatoms. The number of carboxylic acid groups (broad SMARTS) is 1. The van der Waals surface area contributed by atoms with Gasteiger partial charge in [0.05, 0.1) is 17.9 Å². The Balaban J connectivity index is 1.66. The van der Waals surface area contributed by atoms with Crippen molar-refractivity contribution in [3.05, 3.63) is 35.9 Å². The number of carbonyl (C=O) groups excluding carboxylic acids is 1. The number of aliphatic carboxylic acids is 1. The zero-order valence-electron chi connectivity index (χ0n) is 10.6. The average molecular weight is 259 g/mol. The first-order valence-electron chi connectivity index (χ1n) is 6.75. The number of nitrogens with one attached hydrogen (secondary N) is 1. The van der Waals surface area contributed by atoms with Crippen molar-refractivity contribution in [2.24, 2.45) is 17.8 Å². The summed E-state index contributed by atoms with van der Waals surface area (Å²) in [6.07, 6.45) is 2.74. The van der Waals surface area contributed by atoms with Gasteiger partial charge in [0, 0.05) is 0 Å². The van der Waals surface area contributed by atoms with Crippen LogP contribution in [0.2, 0.25) is 0 Å². The topological polar surface area (TPSA) is 66.4 Å². The minimum absolute atomic E-state index is 0.0451. The first-order valence-corrected chi connectivity index (χ1v) is 6.75. The summed E-state index contributed by atoms with van der Waals surface area (Å²) in [6, 6.07) is 9.97. The van der Waals surface area contributed by atoms with Crippen LogP contribution in [0.4, 0.5) is 0 Å². The Morgan fingerprint density at radius 1 is 1.16 bits per heavy atom. The third-order valence-corrected chi connectivity index (χ3v) is 3.99. The van der Waals surface area contributed by atoms with Gasteiger partial charge in [0.25, 0.3) is 0 Å². The molecule has 2 aliphatic rings. The summed E-state index contributed by atoms with van der Waals surface area (Å²) in [5.74, 6) is -1.26. The summed E-state index contributed by atoms with van der Waals surface area (Å²) >= 11 is 0. The predicted octanol–water partition coefficient (Wildman–Crippen LogP) is 1.97. The van der Waals surface area contributed by atoms with E-state index in [1.165, 1.54) is 0 Å². The largest absolute Gasteiger partial charge is 0.481 e. The van der Waals surface area contributed by atoms with Crippen molar-refractivity contribution >= 4 is 11.9 Å². The maximum absolute atomic E-state index is 12.1. The van der Waals surface area contributed by atoms with Crippen molar-refractivity contribution in [2.45, 2.75) is 25.3 Å². The van der Waals surface area contributed by atoms with Crippen LogP contribution in [0.1, 0.15) is 30.9 Å². The highest BCUT2D eigenvalue weighted by molar-refractivity contribution is 5.89. The molecule has 0 aliphatic heterocycles. The van der Waals surface area contributed by atoms with Crippen molar-refractivity contribution < 1.29 is 14.7 Å². The molecule has 0 spiro atoms. The van der Waals surface area contributed by atoms with E-state index in [1.807, 2.05) is 30.3 Å². The summed E-state index contributed by atoms with van der Waals surface area (Å²) in [5.41, 5.74) is 1.12. The van der Waals surface area contributed by atoms with Crippen LogP contribution >= 0.6 is 0 Å². The maximum Gasteiger partial charge on any atom is 0.307 e. The third-order valence-electron chi connectivity index (χ3n) is 3.99. The van der Waals surface area contributed by atoms with Crippen molar-refractivity contribution in [3.8, 4) is 0 Å². The van der Waals surface area contributed by atoms with Gasteiger partial charge in [0.1, 0.15) is 0 Å². The molecule has 0 saturated heterocycles. The SMILES string of the molecule is O=C(O)[C@H]1C[C@H]1C(=O)NC(c1ccccc1)C1CC1. The Hall–Kier alpha value is -1.84. The number of amides is 1. The minimum atomic E-state index is -0.858. The van der Waals surface area contributed by atoms with Crippen LogP contribution in [0.15, 0.2) is 30.3 Å². The molecule has 3 atom stereocenters. The minimum Gasteiger partial charge on any atom is -0.481 e. The quantitative estimate of drug-likeness (QED) is 0.849. The molecule has 2 N–H and O–H groups in total. The molecule has 0 aromatic heterocycles. The summed E-state index contributed by atoms with van der Waals surface area (Å²) in [5, 5.41) is 11.9. The van der Waals surface area contributed by atoms with E-state index in [0.717, 1.165) is 18.4 Å². The van der Waals surface area contributed by atoms with Gasteiger partial charge in [-0.25, -0.2) is 0 Å². The van der Waals surface area contributed by atoms with Crippen LogP contribution in [0.3, 0.4) is 0 Å². The Bertz CT molecular complexity index is 495. The van der Waals surface area contributed by atoms with E-state index >= 15 is 0 Å². The normalized spacial score (nSPS) is 26.5. The lowest BCUT2D eigenvalue weighted by atomic mass is 10.0. The van der Waals surface area contributed by atoms with Crippen LogP contribution in [0.25, 0.3) is 0 Å². The average Bonchev–Trinajstić information content (AvgIpc) is 3.29. The zero-order chi connectivity index (χ0) is 13.4. The van der Waals surface area contributed by atoms with Crippen LogP contribution in [0.5, 0.6) is 0 Å². The monoisotopic (exact) mass is 259 g/mol. The van der Waals surface area contributed by atoms with Crippen LogP contribution < -0.4 is 5.32 Å². The number of benzene rings is 1.